The van der Waals surface area contributed by atoms with Crippen LogP contribution in [0.4, 0.5) is 16.2 Å². The number of benzene rings is 4. The summed E-state index contributed by atoms with van der Waals surface area (Å²) in [5, 5.41) is 15.7. The average Bonchev–Trinajstić information content (AvgIpc) is 3.12. The lowest BCUT2D eigenvalue weighted by Gasteiger charge is -2.34. The second kappa shape index (κ2) is 15.6. The Bertz CT molecular complexity index is 1630. The molecule has 0 spiro atoms. The van der Waals surface area contributed by atoms with Gasteiger partial charge in [0.1, 0.15) is 17.6 Å². The normalized spacial score (nSPS) is 17.1. The molecule has 4 aromatic carbocycles. The van der Waals surface area contributed by atoms with Crippen molar-refractivity contribution >= 4 is 23.3 Å². The Morgan fingerprint density at radius 2 is 1.64 bits per heavy atom. The van der Waals surface area contributed by atoms with Gasteiger partial charge in [-0.3, -0.25) is 9.69 Å². The van der Waals surface area contributed by atoms with Crippen LogP contribution in [0.1, 0.15) is 25.0 Å². The first-order valence-electron chi connectivity index (χ1n) is 16.0. The van der Waals surface area contributed by atoms with Gasteiger partial charge in [0.2, 0.25) is 5.91 Å². The minimum absolute atomic E-state index is 0.0186. The number of methoxy groups -OCH3 is 1. The molecule has 0 aliphatic carbocycles. The Labute approximate surface area is 277 Å². The number of anilines is 2. The van der Waals surface area contributed by atoms with Crippen LogP contribution < -0.4 is 20.1 Å². The van der Waals surface area contributed by atoms with E-state index in [1.807, 2.05) is 31.2 Å². The number of fused-ring (bicyclic) bond motifs is 1. The second-order valence-corrected chi connectivity index (χ2v) is 12.3. The smallest absolute Gasteiger partial charge is 0.323 e. The fourth-order valence-electron chi connectivity index (χ4n) is 5.81. The van der Waals surface area contributed by atoms with Gasteiger partial charge >= 0.3 is 6.03 Å². The third kappa shape index (κ3) is 8.90. The molecular formula is C38H44N4O5. The van der Waals surface area contributed by atoms with Crippen molar-refractivity contribution in [1.29, 1.82) is 0 Å². The Balaban J connectivity index is 1.32. The number of hydrogen-bond acceptors (Lipinski definition) is 6. The Kier molecular flexibility index (Phi) is 11.1. The molecule has 0 radical (unpaired) electrons. The van der Waals surface area contributed by atoms with E-state index >= 15 is 0 Å². The van der Waals surface area contributed by atoms with Gasteiger partial charge in [0.05, 0.1) is 26.2 Å². The topological polar surface area (TPSA) is 103 Å². The molecule has 9 heteroatoms. The summed E-state index contributed by atoms with van der Waals surface area (Å²) >= 11 is 0. The molecule has 0 aromatic heterocycles. The molecule has 3 N–H and O–H groups in total. The number of carbonyl (C=O) groups excluding carboxylic acids is 2. The molecule has 4 aromatic rings. The van der Waals surface area contributed by atoms with Crippen LogP contribution >= 0.6 is 0 Å². The number of carbonyl (C=O) groups is 2. The summed E-state index contributed by atoms with van der Waals surface area (Å²) in [6, 6.07) is 30.6. The molecule has 3 atom stereocenters. The third-order valence-corrected chi connectivity index (χ3v) is 8.53. The van der Waals surface area contributed by atoms with Crippen LogP contribution in [0.3, 0.4) is 0 Å². The van der Waals surface area contributed by atoms with Crippen LogP contribution in [0, 0.1) is 5.92 Å². The average molecular weight is 637 g/mol. The second-order valence-electron chi connectivity index (χ2n) is 12.3. The Morgan fingerprint density at radius 1 is 0.979 bits per heavy atom. The highest BCUT2D eigenvalue weighted by molar-refractivity contribution is 6.00. The van der Waals surface area contributed by atoms with Gasteiger partial charge in [-0.1, -0.05) is 61.5 Å². The van der Waals surface area contributed by atoms with Gasteiger partial charge in [-0.15, -0.1) is 0 Å². The number of aliphatic hydroxyl groups is 1. The van der Waals surface area contributed by atoms with Crippen LogP contribution in [0.15, 0.2) is 97.1 Å². The molecular weight excluding hydrogens is 592 g/mol. The van der Waals surface area contributed by atoms with Crippen molar-refractivity contribution in [3.63, 3.8) is 0 Å². The van der Waals surface area contributed by atoms with Gasteiger partial charge in [0.15, 0.2) is 0 Å². The highest BCUT2D eigenvalue weighted by atomic mass is 16.5. The van der Waals surface area contributed by atoms with Gasteiger partial charge in [0.25, 0.3) is 0 Å². The van der Waals surface area contributed by atoms with Crippen molar-refractivity contribution in [2.24, 2.45) is 5.92 Å². The Hall–Kier alpha value is -4.86. The number of amides is 3. The standard InChI is InChI=1S/C38H44N4O5/c1-26-22-42(27(2)25-43)37(44)21-31-20-33(40-38(45)39-32-14-17-34(46-4)18-15-32)16-19-35(31)47-36(26)24-41(3)23-28-10-12-30(13-11-28)29-8-6-5-7-9-29/h5-20,26-27,36,43H,21-25H2,1-4H3,(H2,39,40,45)/t26-,27-,36+/m1/s1. The summed E-state index contributed by atoms with van der Waals surface area (Å²) in [7, 11) is 3.66. The highest BCUT2D eigenvalue weighted by Crippen LogP contribution is 2.30. The molecule has 5 rings (SSSR count). The monoisotopic (exact) mass is 636 g/mol. The van der Waals surface area contributed by atoms with Crippen molar-refractivity contribution < 1.29 is 24.2 Å². The lowest BCUT2D eigenvalue weighted by atomic mass is 10.0. The van der Waals surface area contributed by atoms with E-state index in [-0.39, 0.29) is 37.0 Å². The number of aliphatic hydroxyl groups excluding tert-OH is 1. The largest absolute Gasteiger partial charge is 0.497 e. The third-order valence-electron chi connectivity index (χ3n) is 8.53. The summed E-state index contributed by atoms with van der Waals surface area (Å²) in [6.07, 6.45) is -0.156. The van der Waals surface area contributed by atoms with Crippen LogP contribution in [0.25, 0.3) is 11.1 Å². The number of nitrogens with zero attached hydrogens (tertiary/aromatic N) is 2. The minimum Gasteiger partial charge on any atom is -0.497 e. The van der Waals surface area contributed by atoms with Crippen molar-refractivity contribution in [3.05, 3.63) is 108 Å². The number of ether oxygens (including phenoxy) is 2. The first-order chi connectivity index (χ1) is 22.7. The maximum atomic E-state index is 13.6. The molecule has 0 fully saturated rings. The van der Waals surface area contributed by atoms with E-state index in [4.69, 9.17) is 9.47 Å². The molecule has 1 aliphatic heterocycles. The summed E-state index contributed by atoms with van der Waals surface area (Å²) in [5.41, 5.74) is 5.38. The van der Waals surface area contributed by atoms with Gasteiger partial charge in [0, 0.05) is 42.5 Å². The molecule has 1 heterocycles. The fourth-order valence-corrected chi connectivity index (χ4v) is 5.81. The van der Waals surface area contributed by atoms with Crippen LogP contribution in [0.5, 0.6) is 11.5 Å². The Morgan fingerprint density at radius 3 is 2.32 bits per heavy atom. The predicted molar refractivity (Wildman–Crippen MR) is 186 cm³/mol. The van der Waals surface area contributed by atoms with E-state index in [0.717, 1.165) is 6.54 Å². The van der Waals surface area contributed by atoms with Crippen molar-refractivity contribution in [2.75, 3.05) is 44.5 Å². The first-order valence-corrected chi connectivity index (χ1v) is 16.0. The predicted octanol–water partition coefficient (Wildman–Crippen LogP) is 6.29. The number of likely N-dealkylation sites (N-methyl/N-ethyl adjacent to an activating group) is 1. The molecule has 0 bridgehead atoms. The zero-order valence-electron chi connectivity index (χ0n) is 27.5. The van der Waals surface area contributed by atoms with Crippen LogP contribution in [-0.2, 0) is 17.8 Å². The molecule has 1 aliphatic rings. The van der Waals surface area contributed by atoms with E-state index < -0.39 is 6.03 Å². The summed E-state index contributed by atoms with van der Waals surface area (Å²) in [6.45, 7) is 5.61. The fraction of sp³-hybridized carbons (Fsp3) is 0.316. The zero-order chi connectivity index (χ0) is 33.3. The van der Waals surface area contributed by atoms with E-state index in [0.29, 0.717) is 41.5 Å². The number of hydrogen-bond donors (Lipinski definition) is 3. The number of urea groups is 1. The molecule has 0 saturated carbocycles. The SMILES string of the molecule is COc1ccc(NC(=O)Nc2ccc3c(c2)CC(=O)N([C@H](C)CO)C[C@@H](C)[C@H](CN(C)Cc2ccc(-c4ccccc4)cc2)O3)cc1. The first kappa shape index (κ1) is 33.5. The molecule has 246 valence electrons. The number of rotatable bonds is 10. The van der Waals surface area contributed by atoms with Crippen molar-refractivity contribution in [2.45, 2.75) is 39.0 Å². The van der Waals surface area contributed by atoms with Gasteiger partial charge in [-0.2, -0.15) is 0 Å². The minimum atomic E-state index is -0.411. The van der Waals surface area contributed by atoms with E-state index in [1.54, 1.807) is 48.4 Å². The van der Waals surface area contributed by atoms with Gasteiger partial charge in [-0.25, -0.2) is 4.79 Å². The van der Waals surface area contributed by atoms with Gasteiger partial charge < -0.3 is 30.1 Å². The van der Waals surface area contributed by atoms with E-state index in [1.165, 1.54) is 16.7 Å². The maximum Gasteiger partial charge on any atom is 0.323 e. The molecule has 3 amide bonds. The highest BCUT2D eigenvalue weighted by Gasteiger charge is 2.31. The lowest BCUT2D eigenvalue weighted by molar-refractivity contribution is -0.134. The molecule has 0 saturated heterocycles. The molecule has 47 heavy (non-hydrogen) atoms. The van der Waals surface area contributed by atoms with E-state index in [9.17, 15) is 14.7 Å². The van der Waals surface area contributed by atoms with Crippen molar-refractivity contribution in [3.8, 4) is 22.6 Å². The molecule has 0 unspecified atom stereocenters. The lowest BCUT2D eigenvalue weighted by Crippen LogP contribution is -2.47. The quantitative estimate of drug-likeness (QED) is 0.189. The maximum absolute atomic E-state index is 13.6. The summed E-state index contributed by atoms with van der Waals surface area (Å²) < 4.78 is 11.9. The van der Waals surface area contributed by atoms with E-state index in [2.05, 4.69) is 65.9 Å². The summed E-state index contributed by atoms with van der Waals surface area (Å²) in [4.78, 5) is 30.4. The molecule has 9 nitrogen and oxygen atoms in total. The zero-order valence-corrected chi connectivity index (χ0v) is 27.5. The van der Waals surface area contributed by atoms with Crippen molar-refractivity contribution in [1.82, 2.24) is 9.80 Å². The van der Waals surface area contributed by atoms with Crippen LogP contribution in [-0.4, -0.2) is 72.8 Å². The van der Waals surface area contributed by atoms with Gasteiger partial charge in [-0.05, 0) is 73.1 Å². The van der Waals surface area contributed by atoms with Crippen LogP contribution in [0.2, 0.25) is 0 Å². The number of nitrogens with one attached hydrogen (secondary N) is 2. The summed E-state index contributed by atoms with van der Waals surface area (Å²) in [5.74, 6) is 1.18.